The summed E-state index contributed by atoms with van der Waals surface area (Å²) < 4.78 is 5.40. The van der Waals surface area contributed by atoms with E-state index in [2.05, 4.69) is 10.3 Å². The van der Waals surface area contributed by atoms with Gasteiger partial charge in [-0.2, -0.15) is 0 Å². The molecule has 1 amide bonds. The van der Waals surface area contributed by atoms with Crippen molar-refractivity contribution in [2.75, 3.05) is 36.9 Å². The topological polar surface area (TPSA) is 80.5 Å². The monoisotopic (exact) mass is 264 g/mol. The number of hydrogen-bond donors (Lipinski definition) is 2. The summed E-state index contributed by atoms with van der Waals surface area (Å²) >= 11 is 0. The second kappa shape index (κ2) is 5.88. The lowest BCUT2D eigenvalue weighted by Crippen LogP contribution is -2.54. The third-order valence-corrected chi connectivity index (χ3v) is 3.19. The van der Waals surface area contributed by atoms with Crippen LogP contribution in [0.1, 0.15) is 12.6 Å². The van der Waals surface area contributed by atoms with Gasteiger partial charge in [0.05, 0.1) is 24.6 Å². The Hall–Kier alpha value is -1.82. The van der Waals surface area contributed by atoms with Crippen molar-refractivity contribution in [1.82, 2.24) is 10.3 Å². The van der Waals surface area contributed by atoms with Crippen molar-refractivity contribution >= 4 is 17.4 Å². The molecule has 1 fully saturated rings. The number of aryl methyl sites for hydroxylation is 1. The summed E-state index contributed by atoms with van der Waals surface area (Å²) in [5.41, 5.74) is 7.21. The lowest BCUT2D eigenvalue weighted by molar-refractivity contribution is -0.124. The molecular formula is C13H20N4O2. The van der Waals surface area contributed by atoms with Crippen LogP contribution in [0.2, 0.25) is 0 Å². The van der Waals surface area contributed by atoms with Gasteiger partial charge in [0, 0.05) is 13.1 Å². The maximum Gasteiger partial charge on any atom is 0.245 e. The lowest BCUT2D eigenvalue weighted by Gasteiger charge is -2.35. The van der Waals surface area contributed by atoms with Crippen LogP contribution in [-0.4, -0.2) is 43.2 Å². The van der Waals surface area contributed by atoms with Crippen molar-refractivity contribution in [3.8, 4) is 0 Å². The molecule has 6 heteroatoms. The SMILES string of the molecule is CCNC(=O)C1COCCN1c1ccc(N)c(C)n1. The molecule has 1 aromatic rings. The standard InChI is InChI=1S/C13H20N4O2/c1-3-15-13(18)11-8-19-7-6-17(11)12-5-4-10(14)9(2)16-12/h4-5,11H,3,6-8,14H2,1-2H3,(H,15,18). The van der Waals surface area contributed by atoms with E-state index in [0.29, 0.717) is 32.0 Å². The van der Waals surface area contributed by atoms with E-state index in [1.807, 2.05) is 30.9 Å². The fourth-order valence-electron chi connectivity index (χ4n) is 2.11. The molecular weight excluding hydrogens is 244 g/mol. The highest BCUT2D eigenvalue weighted by molar-refractivity contribution is 5.85. The van der Waals surface area contributed by atoms with Crippen LogP contribution in [0, 0.1) is 6.92 Å². The van der Waals surface area contributed by atoms with E-state index < -0.39 is 0 Å². The summed E-state index contributed by atoms with van der Waals surface area (Å²) in [5, 5.41) is 2.83. The van der Waals surface area contributed by atoms with Crippen molar-refractivity contribution in [2.24, 2.45) is 0 Å². The Morgan fingerprint density at radius 1 is 1.63 bits per heavy atom. The fourth-order valence-corrected chi connectivity index (χ4v) is 2.11. The van der Waals surface area contributed by atoms with Gasteiger partial charge in [-0.25, -0.2) is 4.98 Å². The van der Waals surface area contributed by atoms with Gasteiger partial charge >= 0.3 is 0 Å². The number of carbonyl (C=O) groups excluding carboxylic acids is 1. The Labute approximate surface area is 112 Å². The minimum Gasteiger partial charge on any atom is -0.397 e. The third kappa shape index (κ3) is 2.96. The molecule has 104 valence electrons. The summed E-state index contributed by atoms with van der Waals surface area (Å²) in [7, 11) is 0. The summed E-state index contributed by atoms with van der Waals surface area (Å²) in [6.07, 6.45) is 0. The first kappa shape index (κ1) is 13.6. The molecule has 0 aromatic carbocycles. The largest absolute Gasteiger partial charge is 0.397 e. The number of nitrogens with two attached hydrogens (primary N) is 1. The second-order valence-corrected chi connectivity index (χ2v) is 4.52. The van der Waals surface area contributed by atoms with Gasteiger partial charge in [-0.1, -0.05) is 0 Å². The molecule has 19 heavy (non-hydrogen) atoms. The van der Waals surface area contributed by atoms with Crippen LogP contribution in [0.25, 0.3) is 0 Å². The van der Waals surface area contributed by atoms with Gasteiger partial charge in [-0.05, 0) is 26.0 Å². The number of hydrogen-bond acceptors (Lipinski definition) is 5. The van der Waals surface area contributed by atoms with Crippen LogP contribution in [0.5, 0.6) is 0 Å². The summed E-state index contributed by atoms with van der Waals surface area (Å²) in [6.45, 7) is 6.01. The van der Waals surface area contributed by atoms with Crippen molar-refractivity contribution in [3.63, 3.8) is 0 Å². The molecule has 1 aliphatic heterocycles. The second-order valence-electron chi connectivity index (χ2n) is 4.52. The number of nitrogens with zero attached hydrogens (tertiary/aromatic N) is 2. The maximum absolute atomic E-state index is 12.0. The first-order valence-electron chi connectivity index (χ1n) is 6.48. The zero-order valence-electron chi connectivity index (χ0n) is 11.3. The van der Waals surface area contributed by atoms with E-state index in [9.17, 15) is 4.79 Å². The Morgan fingerprint density at radius 3 is 3.11 bits per heavy atom. The summed E-state index contributed by atoms with van der Waals surface area (Å²) in [5.74, 6) is 0.740. The van der Waals surface area contributed by atoms with Crippen LogP contribution < -0.4 is 16.0 Å². The van der Waals surface area contributed by atoms with Crippen molar-refractivity contribution in [3.05, 3.63) is 17.8 Å². The van der Waals surface area contributed by atoms with E-state index in [1.54, 1.807) is 0 Å². The molecule has 0 aliphatic carbocycles. The number of pyridine rings is 1. The van der Waals surface area contributed by atoms with Crippen LogP contribution >= 0.6 is 0 Å². The van der Waals surface area contributed by atoms with Crippen LogP contribution in [0.3, 0.4) is 0 Å². The molecule has 1 aromatic heterocycles. The number of aromatic nitrogens is 1. The molecule has 1 unspecified atom stereocenters. The number of ether oxygens (including phenoxy) is 1. The number of anilines is 2. The molecule has 2 rings (SSSR count). The van der Waals surface area contributed by atoms with Gasteiger partial charge in [0.15, 0.2) is 0 Å². The molecule has 0 bridgehead atoms. The van der Waals surface area contributed by atoms with Gasteiger partial charge in [0.1, 0.15) is 11.9 Å². The predicted molar refractivity (Wildman–Crippen MR) is 74.0 cm³/mol. The summed E-state index contributed by atoms with van der Waals surface area (Å²) in [4.78, 5) is 18.5. The van der Waals surface area contributed by atoms with E-state index in [1.165, 1.54) is 0 Å². The molecule has 0 radical (unpaired) electrons. The molecule has 0 saturated carbocycles. The number of rotatable bonds is 3. The number of morpholine rings is 1. The first-order chi connectivity index (χ1) is 9.13. The normalized spacial score (nSPS) is 19.3. The molecule has 1 saturated heterocycles. The number of nitrogen functional groups attached to an aromatic ring is 1. The minimum atomic E-state index is -0.329. The molecule has 3 N–H and O–H groups in total. The average Bonchev–Trinajstić information content (AvgIpc) is 2.42. The van der Waals surface area contributed by atoms with Crippen molar-refractivity contribution in [2.45, 2.75) is 19.9 Å². The fraction of sp³-hybridized carbons (Fsp3) is 0.538. The van der Waals surface area contributed by atoms with E-state index in [0.717, 1.165) is 11.5 Å². The predicted octanol–water partition coefficient (Wildman–Crippen LogP) is 0.314. The van der Waals surface area contributed by atoms with E-state index in [-0.39, 0.29) is 11.9 Å². The molecule has 6 nitrogen and oxygen atoms in total. The smallest absolute Gasteiger partial charge is 0.245 e. The third-order valence-electron chi connectivity index (χ3n) is 3.19. The molecule has 1 aliphatic rings. The quantitative estimate of drug-likeness (QED) is 0.821. The van der Waals surface area contributed by atoms with Gasteiger partial charge in [0.25, 0.3) is 0 Å². The zero-order valence-corrected chi connectivity index (χ0v) is 11.3. The highest BCUT2D eigenvalue weighted by Gasteiger charge is 2.30. The maximum atomic E-state index is 12.0. The number of amides is 1. The van der Waals surface area contributed by atoms with Gasteiger partial charge in [0.2, 0.25) is 5.91 Å². The van der Waals surface area contributed by atoms with Gasteiger partial charge in [-0.15, -0.1) is 0 Å². The molecule has 1 atom stereocenters. The molecule has 2 heterocycles. The Kier molecular flexibility index (Phi) is 4.21. The van der Waals surface area contributed by atoms with E-state index >= 15 is 0 Å². The Morgan fingerprint density at radius 2 is 2.42 bits per heavy atom. The van der Waals surface area contributed by atoms with Crippen molar-refractivity contribution in [1.29, 1.82) is 0 Å². The molecule has 0 spiro atoms. The number of likely N-dealkylation sites (N-methyl/N-ethyl adjacent to an activating group) is 1. The first-order valence-corrected chi connectivity index (χ1v) is 6.48. The van der Waals surface area contributed by atoms with Crippen molar-refractivity contribution < 1.29 is 9.53 Å². The number of carbonyl (C=O) groups is 1. The minimum absolute atomic E-state index is 0.0292. The summed E-state index contributed by atoms with van der Waals surface area (Å²) in [6, 6.07) is 3.34. The van der Waals surface area contributed by atoms with Gasteiger partial charge < -0.3 is 20.7 Å². The van der Waals surface area contributed by atoms with Crippen LogP contribution in [0.4, 0.5) is 11.5 Å². The Balaban J connectivity index is 2.23. The average molecular weight is 264 g/mol. The highest BCUT2D eigenvalue weighted by atomic mass is 16.5. The van der Waals surface area contributed by atoms with Gasteiger partial charge in [-0.3, -0.25) is 4.79 Å². The Bertz CT molecular complexity index is 464. The zero-order chi connectivity index (χ0) is 13.8. The van der Waals surface area contributed by atoms with E-state index in [4.69, 9.17) is 10.5 Å². The lowest BCUT2D eigenvalue weighted by atomic mass is 10.2. The highest BCUT2D eigenvalue weighted by Crippen LogP contribution is 2.20. The van der Waals surface area contributed by atoms with Crippen LogP contribution in [-0.2, 0) is 9.53 Å². The van der Waals surface area contributed by atoms with Crippen LogP contribution in [0.15, 0.2) is 12.1 Å². The number of nitrogens with one attached hydrogen (secondary N) is 1.